The quantitative estimate of drug-likeness (QED) is 0.707. The van der Waals surface area contributed by atoms with E-state index in [1.54, 1.807) is 0 Å². The maximum absolute atomic E-state index is 12.7. The molecular weight excluding hydrogens is 348 g/mol. The third-order valence-electron chi connectivity index (χ3n) is 9.91. The number of oxime groups is 1. The molecule has 1 unspecified atom stereocenters. The van der Waals surface area contributed by atoms with E-state index in [9.17, 15) is 4.79 Å². The van der Waals surface area contributed by atoms with Gasteiger partial charge in [-0.3, -0.25) is 4.79 Å². The van der Waals surface area contributed by atoms with Crippen LogP contribution in [0.1, 0.15) is 78.6 Å². The number of nitrogens with one attached hydrogen (secondary N) is 1. The highest BCUT2D eigenvalue weighted by atomic mass is 16.6. The summed E-state index contributed by atoms with van der Waals surface area (Å²) < 4.78 is 0. The molecule has 0 amide bonds. The Morgan fingerprint density at radius 2 is 1.96 bits per heavy atom. The van der Waals surface area contributed by atoms with Crippen LogP contribution in [-0.4, -0.2) is 30.7 Å². The zero-order valence-corrected chi connectivity index (χ0v) is 18.0. The highest BCUT2D eigenvalue weighted by Crippen LogP contribution is 2.66. The second kappa shape index (κ2) is 6.82. The predicted molar refractivity (Wildman–Crippen MR) is 111 cm³/mol. The average molecular weight is 387 g/mol. The van der Waals surface area contributed by atoms with Gasteiger partial charge in [-0.15, -0.1) is 0 Å². The van der Waals surface area contributed by atoms with Gasteiger partial charge in [0, 0.05) is 24.8 Å². The van der Waals surface area contributed by atoms with Crippen molar-refractivity contribution in [3.63, 3.8) is 0 Å². The van der Waals surface area contributed by atoms with Crippen molar-refractivity contribution in [2.45, 2.75) is 84.7 Å². The SMILES string of the molecule is C[C@H]1CC2C/C(=N/O[C@@H]3CCNC3)CC[C@]2(C)[C@H]2CC[C@]3(C)C(=O)CC[C@H]3[C@H]12. The van der Waals surface area contributed by atoms with Crippen LogP contribution in [0.5, 0.6) is 0 Å². The molecule has 8 atom stereocenters. The summed E-state index contributed by atoms with van der Waals surface area (Å²) in [6, 6.07) is 0. The van der Waals surface area contributed by atoms with Crippen molar-refractivity contribution in [2.24, 2.45) is 45.6 Å². The molecule has 5 rings (SSSR count). The summed E-state index contributed by atoms with van der Waals surface area (Å²) >= 11 is 0. The molecule has 0 aromatic rings. The highest BCUT2D eigenvalue weighted by molar-refractivity contribution is 5.87. The van der Waals surface area contributed by atoms with Gasteiger partial charge in [0.1, 0.15) is 11.9 Å². The van der Waals surface area contributed by atoms with Crippen LogP contribution in [0.25, 0.3) is 0 Å². The minimum absolute atomic E-state index is 0.0108. The summed E-state index contributed by atoms with van der Waals surface area (Å²) in [5, 5.41) is 7.98. The van der Waals surface area contributed by atoms with Crippen LogP contribution >= 0.6 is 0 Å². The lowest BCUT2D eigenvalue weighted by atomic mass is 9.43. The zero-order valence-electron chi connectivity index (χ0n) is 18.0. The molecule has 1 saturated heterocycles. The molecule has 4 saturated carbocycles. The molecule has 5 fully saturated rings. The minimum atomic E-state index is -0.0108. The van der Waals surface area contributed by atoms with E-state index < -0.39 is 0 Å². The van der Waals surface area contributed by atoms with E-state index in [0.29, 0.717) is 17.1 Å². The van der Waals surface area contributed by atoms with Crippen molar-refractivity contribution in [2.75, 3.05) is 13.1 Å². The first kappa shape index (κ1) is 19.1. The first-order chi connectivity index (χ1) is 13.4. The Morgan fingerprint density at radius 3 is 2.75 bits per heavy atom. The third-order valence-corrected chi connectivity index (χ3v) is 9.91. The van der Waals surface area contributed by atoms with E-state index in [1.807, 2.05) is 0 Å². The van der Waals surface area contributed by atoms with Crippen LogP contribution in [-0.2, 0) is 9.63 Å². The van der Waals surface area contributed by atoms with Gasteiger partial charge in [-0.25, -0.2) is 0 Å². The van der Waals surface area contributed by atoms with Crippen molar-refractivity contribution in [1.82, 2.24) is 5.32 Å². The maximum atomic E-state index is 12.7. The fourth-order valence-corrected chi connectivity index (χ4v) is 8.16. The smallest absolute Gasteiger partial charge is 0.141 e. The predicted octanol–water partition coefficient (Wildman–Crippen LogP) is 4.58. The van der Waals surface area contributed by atoms with Gasteiger partial charge >= 0.3 is 0 Å². The number of Topliss-reactive ketones (excluding diaryl/α,β-unsaturated/α-hetero) is 1. The van der Waals surface area contributed by atoms with Crippen molar-refractivity contribution < 1.29 is 9.63 Å². The molecule has 1 N–H and O–H groups in total. The van der Waals surface area contributed by atoms with Gasteiger partial charge in [0.25, 0.3) is 0 Å². The Morgan fingerprint density at radius 1 is 1.11 bits per heavy atom. The van der Waals surface area contributed by atoms with Crippen LogP contribution in [0.3, 0.4) is 0 Å². The molecule has 5 aliphatic rings. The summed E-state index contributed by atoms with van der Waals surface area (Å²) in [7, 11) is 0. The Balaban J connectivity index is 1.34. The molecular formula is C24H38N2O2. The first-order valence-corrected chi connectivity index (χ1v) is 11.9. The number of rotatable bonds is 2. The van der Waals surface area contributed by atoms with E-state index in [4.69, 9.17) is 4.84 Å². The number of carbonyl (C=O) groups excluding carboxylic acids is 1. The van der Waals surface area contributed by atoms with Crippen LogP contribution in [0.2, 0.25) is 0 Å². The van der Waals surface area contributed by atoms with Gasteiger partial charge in [0.2, 0.25) is 0 Å². The lowest BCUT2D eigenvalue weighted by Crippen LogP contribution is -2.56. The second-order valence-corrected chi connectivity index (χ2v) is 11.2. The van der Waals surface area contributed by atoms with Gasteiger partial charge < -0.3 is 10.2 Å². The largest absolute Gasteiger partial charge is 0.391 e. The zero-order chi connectivity index (χ0) is 19.5. The Kier molecular flexibility index (Phi) is 4.65. The summed E-state index contributed by atoms with van der Waals surface area (Å²) in [4.78, 5) is 18.5. The van der Waals surface area contributed by atoms with Gasteiger partial charge in [-0.1, -0.05) is 25.9 Å². The molecule has 28 heavy (non-hydrogen) atoms. The van der Waals surface area contributed by atoms with Gasteiger partial charge in [0.05, 0.1) is 5.71 Å². The number of hydrogen-bond donors (Lipinski definition) is 1. The number of carbonyl (C=O) groups is 1. The minimum Gasteiger partial charge on any atom is -0.391 e. The topological polar surface area (TPSA) is 50.7 Å². The van der Waals surface area contributed by atoms with Crippen LogP contribution in [0.4, 0.5) is 0 Å². The van der Waals surface area contributed by atoms with E-state index in [-0.39, 0.29) is 11.5 Å². The van der Waals surface area contributed by atoms with Crippen LogP contribution < -0.4 is 5.32 Å². The molecule has 0 bridgehead atoms. The van der Waals surface area contributed by atoms with Crippen molar-refractivity contribution in [3.05, 3.63) is 0 Å². The van der Waals surface area contributed by atoms with E-state index in [2.05, 4.69) is 31.2 Å². The molecule has 1 heterocycles. The number of fused-ring (bicyclic) bond motifs is 5. The normalized spacial score (nSPS) is 52.2. The summed E-state index contributed by atoms with van der Waals surface area (Å²) in [6.45, 7) is 9.36. The van der Waals surface area contributed by atoms with E-state index in [1.165, 1.54) is 25.0 Å². The van der Waals surface area contributed by atoms with Gasteiger partial charge in [-0.2, -0.15) is 0 Å². The standard InChI is InChI=1S/C24H38N2O2/c1-15-12-16-13-17(26-28-18-8-11-25-14-18)6-9-23(16,2)20-7-10-24(3)19(22(15)20)4-5-21(24)27/h15-16,18-20,22,25H,4-14H2,1-3H3/b26-17+/t15-,16?,18+,19-,20-,22-,23-,24-/m0/s1. The Labute approximate surface area is 170 Å². The highest BCUT2D eigenvalue weighted by Gasteiger charge is 2.61. The van der Waals surface area contributed by atoms with Crippen molar-refractivity contribution >= 4 is 11.5 Å². The van der Waals surface area contributed by atoms with Gasteiger partial charge in [0.15, 0.2) is 0 Å². The molecule has 0 aromatic carbocycles. The fourth-order valence-electron chi connectivity index (χ4n) is 8.16. The molecule has 4 nitrogen and oxygen atoms in total. The third kappa shape index (κ3) is 2.80. The molecule has 156 valence electrons. The summed E-state index contributed by atoms with van der Waals surface area (Å²) in [5.74, 6) is 4.23. The number of nitrogens with zero attached hydrogens (tertiary/aromatic N) is 1. The van der Waals surface area contributed by atoms with Crippen molar-refractivity contribution in [3.8, 4) is 0 Å². The average Bonchev–Trinajstić information content (AvgIpc) is 3.29. The Bertz CT molecular complexity index is 670. The summed E-state index contributed by atoms with van der Waals surface area (Å²) in [5.41, 5.74) is 1.72. The van der Waals surface area contributed by atoms with Gasteiger partial charge in [-0.05, 0) is 86.5 Å². The monoisotopic (exact) mass is 386 g/mol. The summed E-state index contributed by atoms with van der Waals surface area (Å²) in [6.07, 6.45) is 10.5. The number of hydrogen-bond acceptors (Lipinski definition) is 4. The Hall–Kier alpha value is -0.900. The molecule has 0 radical (unpaired) electrons. The molecule has 0 spiro atoms. The molecule has 4 aliphatic carbocycles. The number of ketones is 1. The lowest BCUT2D eigenvalue weighted by Gasteiger charge is -2.61. The lowest BCUT2D eigenvalue weighted by molar-refractivity contribution is -0.143. The van der Waals surface area contributed by atoms with Crippen LogP contribution in [0, 0.1) is 40.4 Å². The molecule has 1 aliphatic heterocycles. The van der Waals surface area contributed by atoms with Crippen molar-refractivity contribution in [1.29, 1.82) is 0 Å². The fraction of sp³-hybridized carbons (Fsp3) is 0.917. The van der Waals surface area contributed by atoms with E-state index in [0.717, 1.165) is 75.3 Å². The van der Waals surface area contributed by atoms with E-state index >= 15 is 0 Å². The molecule has 0 aromatic heterocycles. The molecule has 4 heteroatoms. The van der Waals surface area contributed by atoms with Crippen LogP contribution in [0.15, 0.2) is 5.16 Å². The maximum Gasteiger partial charge on any atom is 0.141 e. The second-order valence-electron chi connectivity index (χ2n) is 11.2. The first-order valence-electron chi connectivity index (χ1n) is 11.9.